The number of nitrogens with one attached hydrogen (secondary N) is 1. The summed E-state index contributed by atoms with van der Waals surface area (Å²) in [5, 5.41) is 13.9. The monoisotopic (exact) mass is 327 g/mol. The highest BCUT2D eigenvalue weighted by atomic mass is 32.2. The molecule has 1 amide bonds. The van der Waals surface area contributed by atoms with Gasteiger partial charge in [-0.1, -0.05) is 24.8 Å². The SMILES string of the molecule is CCC(C)NC(=O)CSc1nc2cc(C)cc(C)c2cc1C#N. The smallest absolute Gasteiger partial charge is 0.230 e. The lowest BCUT2D eigenvalue weighted by Crippen LogP contribution is -2.33. The summed E-state index contributed by atoms with van der Waals surface area (Å²) < 4.78 is 0. The Morgan fingerprint density at radius 2 is 2.13 bits per heavy atom. The quantitative estimate of drug-likeness (QED) is 0.850. The van der Waals surface area contributed by atoms with Crippen LogP contribution in [0.25, 0.3) is 10.9 Å². The number of rotatable bonds is 5. The maximum atomic E-state index is 11.9. The van der Waals surface area contributed by atoms with Crippen molar-refractivity contribution in [1.29, 1.82) is 5.26 Å². The van der Waals surface area contributed by atoms with E-state index in [4.69, 9.17) is 0 Å². The third-order valence-corrected chi connectivity index (χ3v) is 4.72. The molecule has 0 spiro atoms. The van der Waals surface area contributed by atoms with Gasteiger partial charge >= 0.3 is 0 Å². The molecule has 1 heterocycles. The topological polar surface area (TPSA) is 65.8 Å². The van der Waals surface area contributed by atoms with Crippen LogP contribution in [0.4, 0.5) is 0 Å². The molecule has 1 aromatic heterocycles. The minimum atomic E-state index is -0.0319. The first kappa shape index (κ1) is 17.3. The molecule has 5 heteroatoms. The Balaban J connectivity index is 2.26. The van der Waals surface area contributed by atoms with Crippen molar-refractivity contribution in [3.8, 4) is 6.07 Å². The fourth-order valence-electron chi connectivity index (χ4n) is 2.35. The molecule has 0 aliphatic carbocycles. The van der Waals surface area contributed by atoms with Crippen molar-refractivity contribution in [1.82, 2.24) is 10.3 Å². The summed E-state index contributed by atoms with van der Waals surface area (Å²) in [5.74, 6) is 0.234. The van der Waals surface area contributed by atoms with Crippen LogP contribution in [-0.2, 0) is 4.79 Å². The van der Waals surface area contributed by atoms with Crippen LogP contribution >= 0.6 is 11.8 Å². The minimum absolute atomic E-state index is 0.0319. The second-order valence-electron chi connectivity index (χ2n) is 5.77. The van der Waals surface area contributed by atoms with Crippen molar-refractivity contribution in [2.75, 3.05) is 5.75 Å². The number of hydrogen-bond acceptors (Lipinski definition) is 4. The number of carbonyl (C=O) groups excluding carboxylic acids is 1. The van der Waals surface area contributed by atoms with Gasteiger partial charge in [-0.25, -0.2) is 4.98 Å². The zero-order valence-electron chi connectivity index (χ0n) is 13.9. The highest BCUT2D eigenvalue weighted by molar-refractivity contribution is 8.00. The van der Waals surface area contributed by atoms with Gasteiger partial charge in [0.2, 0.25) is 5.91 Å². The van der Waals surface area contributed by atoms with Crippen LogP contribution in [0.15, 0.2) is 23.2 Å². The van der Waals surface area contributed by atoms with Crippen LogP contribution in [0.5, 0.6) is 0 Å². The molecule has 0 fully saturated rings. The summed E-state index contributed by atoms with van der Waals surface area (Å²) in [4.78, 5) is 16.5. The van der Waals surface area contributed by atoms with Crippen molar-refractivity contribution in [2.45, 2.75) is 45.2 Å². The summed E-state index contributed by atoms with van der Waals surface area (Å²) in [6.45, 7) is 8.05. The third-order valence-electron chi connectivity index (χ3n) is 3.73. The standard InChI is InChI=1S/C18H21N3OS/c1-5-13(4)20-17(22)10-23-18-14(9-19)8-15-12(3)6-11(2)7-16(15)21-18/h6-8,13H,5,10H2,1-4H3,(H,20,22). The van der Waals surface area contributed by atoms with Crippen LogP contribution in [-0.4, -0.2) is 22.7 Å². The van der Waals surface area contributed by atoms with Gasteiger partial charge in [-0.3, -0.25) is 4.79 Å². The lowest BCUT2D eigenvalue weighted by molar-refractivity contribution is -0.119. The number of carbonyl (C=O) groups is 1. The van der Waals surface area contributed by atoms with Crippen molar-refractivity contribution >= 4 is 28.6 Å². The fraction of sp³-hybridized carbons (Fsp3) is 0.389. The van der Waals surface area contributed by atoms with Crippen molar-refractivity contribution < 1.29 is 4.79 Å². The van der Waals surface area contributed by atoms with Gasteiger partial charge in [-0.2, -0.15) is 5.26 Å². The first-order valence-corrected chi connectivity index (χ1v) is 8.67. The summed E-state index contributed by atoms with van der Waals surface area (Å²) in [6.07, 6.45) is 0.895. The van der Waals surface area contributed by atoms with Gasteiger partial charge in [-0.15, -0.1) is 0 Å². The van der Waals surface area contributed by atoms with Gasteiger partial charge < -0.3 is 5.32 Å². The number of benzene rings is 1. The number of amides is 1. The molecule has 1 aromatic carbocycles. The molecule has 120 valence electrons. The molecule has 1 unspecified atom stereocenters. The molecular formula is C18H21N3OS. The number of fused-ring (bicyclic) bond motifs is 1. The molecule has 1 atom stereocenters. The molecule has 2 rings (SSSR count). The fourth-order valence-corrected chi connectivity index (χ4v) is 3.13. The van der Waals surface area contributed by atoms with E-state index in [2.05, 4.69) is 22.4 Å². The second-order valence-corrected chi connectivity index (χ2v) is 6.73. The van der Waals surface area contributed by atoms with E-state index in [9.17, 15) is 10.1 Å². The maximum Gasteiger partial charge on any atom is 0.230 e. The highest BCUT2D eigenvalue weighted by Gasteiger charge is 2.12. The first-order chi connectivity index (χ1) is 10.9. The van der Waals surface area contributed by atoms with Crippen LogP contribution in [0.2, 0.25) is 0 Å². The molecule has 0 aliphatic rings. The normalized spacial score (nSPS) is 12.0. The van der Waals surface area contributed by atoms with Gasteiger partial charge in [0.05, 0.1) is 16.8 Å². The Hall–Kier alpha value is -2.06. The predicted molar refractivity (Wildman–Crippen MR) is 94.6 cm³/mol. The van der Waals surface area contributed by atoms with Gasteiger partial charge in [0, 0.05) is 11.4 Å². The molecular weight excluding hydrogens is 306 g/mol. The second kappa shape index (κ2) is 7.47. The summed E-state index contributed by atoms with van der Waals surface area (Å²) >= 11 is 1.31. The van der Waals surface area contributed by atoms with Crippen LogP contribution in [0.1, 0.15) is 37.0 Å². The van der Waals surface area contributed by atoms with E-state index in [1.807, 2.05) is 39.8 Å². The van der Waals surface area contributed by atoms with Crippen molar-refractivity contribution in [3.63, 3.8) is 0 Å². The average Bonchev–Trinajstić information content (AvgIpc) is 2.51. The van der Waals surface area contributed by atoms with E-state index >= 15 is 0 Å². The Morgan fingerprint density at radius 1 is 1.39 bits per heavy atom. The number of pyridine rings is 1. The first-order valence-electron chi connectivity index (χ1n) is 7.68. The Kier molecular flexibility index (Phi) is 5.62. The van der Waals surface area contributed by atoms with Crippen molar-refractivity contribution in [3.05, 3.63) is 34.9 Å². The third kappa shape index (κ3) is 4.23. The van der Waals surface area contributed by atoms with Gasteiger partial charge in [0.25, 0.3) is 0 Å². The van der Waals surface area contributed by atoms with E-state index in [1.54, 1.807) is 0 Å². The number of thioether (sulfide) groups is 1. The Morgan fingerprint density at radius 3 is 2.78 bits per heavy atom. The van der Waals surface area contributed by atoms with E-state index < -0.39 is 0 Å². The van der Waals surface area contributed by atoms with Gasteiger partial charge in [-0.05, 0) is 50.5 Å². The molecule has 0 saturated heterocycles. The molecule has 2 aromatic rings. The van der Waals surface area contributed by atoms with Gasteiger partial charge in [0.1, 0.15) is 11.1 Å². The minimum Gasteiger partial charge on any atom is -0.353 e. The zero-order chi connectivity index (χ0) is 17.0. The largest absolute Gasteiger partial charge is 0.353 e. The summed E-state index contributed by atoms with van der Waals surface area (Å²) in [6, 6.07) is 8.31. The van der Waals surface area contributed by atoms with E-state index in [1.165, 1.54) is 11.8 Å². The molecule has 0 radical (unpaired) electrons. The van der Waals surface area contributed by atoms with Crippen LogP contribution in [0.3, 0.4) is 0 Å². The lowest BCUT2D eigenvalue weighted by atomic mass is 10.1. The number of nitriles is 1. The molecule has 4 nitrogen and oxygen atoms in total. The molecule has 1 N–H and O–H groups in total. The highest BCUT2D eigenvalue weighted by Crippen LogP contribution is 2.27. The van der Waals surface area contributed by atoms with E-state index in [-0.39, 0.29) is 17.7 Å². The Labute approximate surface area is 141 Å². The molecule has 0 aliphatic heterocycles. The average molecular weight is 327 g/mol. The lowest BCUT2D eigenvalue weighted by Gasteiger charge is -2.12. The zero-order valence-corrected chi connectivity index (χ0v) is 14.8. The molecule has 0 saturated carbocycles. The summed E-state index contributed by atoms with van der Waals surface area (Å²) in [7, 11) is 0. The van der Waals surface area contributed by atoms with Gasteiger partial charge in [0.15, 0.2) is 0 Å². The number of aromatic nitrogens is 1. The number of aryl methyl sites for hydroxylation is 2. The van der Waals surface area contributed by atoms with Crippen molar-refractivity contribution in [2.24, 2.45) is 0 Å². The van der Waals surface area contributed by atoms with E-state index in [0.29, 0.717) is 10.6 Å². The molecule has 23 heavy (non-hydrogen) atoms. The summed E-state index contributed by atoms with van der Waals surface area (Å²) in [5.41, 5.74) is 3.63. The van der Waals surface area contributed by atoms with E-state index in [0.717, 1.165) is 28.5 Å². The number of hydrogen-bond donors (Lipinski definition) is 1. The Bertz CT molecular complexity index is 780. The molecule has 0 bridgehead atoms. The predicted octanol–water partition coefficient (Wildman–Crippen LogP) is 3.73. The maximum absolute atomic E-state index is 11.9. The van der Waals surface area contributed by atoms with Crippen LogP contribution < -0.4 is 5.32 Å². The number of nitrogens with zero attached hydrogens (tertiary/aromatic N) is 2. The van der Waals surface area contributed by atoms with Crippen LogP contribution in [0, 0.1) is 25.2 Å².